The van der Waals surface area contributed by atoms with Gasteiger partial charge in [0.1, 0.15) is 0 Å². The van der Waals surface area contributed by atoms with Gasteiger partial charge in [-0.2, -0.15) is 0 Å². The van der Waals surface area contributed by atoms with E-state index in [4.69, 9.17) is 0 Å². The molecule has 2 aliphatic rings. The van der Waals surface area contributed by atoms with Crippen LogP contribution in [0.1, 0.15) is 86.7 Å². The summed E-state index contributed by atoms with van der Waals surface area (Å²) in [5.74, 6) is 0. The summed E-state index contributed by atoms with van der Waals surface area (Å²) in [5, 5.41) is 0. The maximum Gasteiger partial charge on any atom is 0.0833 e. The normalized spacial score (nSPS) is 33.0. The van der Waals surface area contributed by atoms with Crippen LogP contribution in [0, 0.1) is 0 Å². The van der Waals surface area contributed by atoms with Crippen LogP contribution >= 0.6 is 15.6 Å². The fourth-order valence-electron chi connectivity index (χ4n) is 4.34. The van der Waals surface area contributed by atoms with Crippen molar-refractivity contribution in [3.63, 3.8) is 0 Å². The Bertz CT molecular complexity index is 517. The minimum atomic E-state index is -1.51. The highest BCUT2D eigenvalue weighted by Crippen LogP contribution is 2.49. The zero-order valence-corrected chi connectivity index (χ0v) is 16.8. The second-order valence-electron chi connectivity index (χ2n) is 7.61. The molecule has 1 aromatic rings. The van der Waals surface area contributed by atoms with Gasteiger partial charge < -0.3 is 9.13 Å². The highest BCUT2D eigenvalue weighted by molar-refractivity contribution is 7.45. The van der Waals surface area contributed by atoms with Gasteiger partial charge in [0, 0.05) is 11.3 Å². The van der Waals surface area contributed by atoms with Gasteiger partial charge in [0.15, 0.2) is 0 Å². The van der Waals surface area contributed by atoms with E-state index in [1.807, 2.05) is 0 Å². The molecule has 0 N–H and O–H groups in total. The molecule has 2 fully saturated rings. The minimum Gasteiger partial charge on any atom is -0.326 e. The third kappa shape index (κ3) is 4.86. The average molecular weight is 366 g/mol. The molecule has 2 saturated heterocycles. The van der Waals surface area contributed by atoms with E-state index in [1.54, 1.807) is 0 Å². The van der Waals surface area contributed by atoms with Crippen molar-refractivity contribution < 1.29 is 9.13 Å². The molecule has 0 bridgehead atoms. The smallest absolute Gasteiger partial charge is 0.0833 e. The molecule has 0 aliphatic carbocycles. The van der Waals surface area contributed by atoms with E-state index in [2.05, 4.69) is 24.3 Å². The highest BCUT2D eigenvalue weighted by atomic mass is 31.1. The quantitative estimate of drug-likeness (QED) is 0.538. The first-order valence-electron chi connectivity index (χ1n) is 9.91. The fraction of sp³-hybridized carbons (Fsp3) is 0.700. The molecule has 2 nitrogen and oxygen atoms in total. The van der Waals surface area contributed by atoms with Gasteiger partial charge in [0.2, 0.25) is 0 Å². The van der Waals surface area contributed by atoms with Crippen LogP contribution in [0.5, 0.6) is 0 Å². The molecule has 24 heavy (non-hydrogen) atoms. The third-order valence-corrected chi connectivity index (χ3v) is 10.3. The summed E-state index contributed by atoms with van der Waals surface area (Å²) in [7, 11) is -3.01. The predicted octanol–water partition coefficient (Wildman–Crippen LogP) is 6.82. The molecule has 4 unspecified atom stereocenters. The first-order chi connectivity index (χ1) is 11.8. The van der Waals surface area contributed by atoms with Crippen LogP contribution in [0.15, 0.2) is 24.3 Å². The summed E-state index contributed by atoms with van der Waals surface area (Å²) >= 11 is 0. The van der Waals surface area contributed by atoms with Gasteiger partial charge in [-0.25, -0.2) is 0 Å². The van der Waals surface area contributed by atoms with Crippen LogP contribution < -0.4 is 0 Å². The Morgan fingerprint density at radius 2 is 0.958 bits per heavy atom. The summed E-state index contributed by atoms with van der Waals surface area (Å²) in [6.07, 6.45) is 13.8. The summed E-state index contributed by atoms with van der Waals surface area (Å²) < 4.78 is 25.3. The van der Waals surface area contributed by atoms with E-state index < -0.39 is 15.6 Å². The SMILES string of the molecule is O=[PH]1CCCCCCC1c1ccc(C2CCCCCC[PH]2=O)cc1. The van der Waals surface area contributed by atoms with E-state index in [9.17, 15) is 9.13 Å². The summed E-state index contributed by atoms with van der Waals surface area (Å²) in [5.41, 5.74) is 3.07. The third-order valence-electron chi connectivity index (χ3n) is 5.85. The van der Waals surface area contributed by atoms with Crippen LogP contribution in [0.2, 0.25) is 0 Å². The summed E-state index contributed by atoms with van der Waals surface area (Å²) in [6.45, 7) is 0. The Hall–Kier alpha value is -0.320. The second kappa shape index (κ2) is 9.40. The van der Waals surface area contributed by atoms with E-state index >= 15 is 0 Å². The number of benzene rings is 1. The maximum atomic E-state index is 12.6. The molecule has 4 atom stereocenters. The molecule has 1 aromatic carbocycles. The van der Waals surface area contributed by atoms with Gasteiger partial charge in [-0.15, -0.1) is 0 Å². The van der Waals surface area contributed by atoms with Crippen LogP contribution in [0.25, 0.3) is 0 Å². The number of hydrogen-bond acceptors (Lipinski definition) is 2. The van der Waals surface area contributed by atoms with Gasteiger partial charge in [0.05, 0.1) is 15.6 Å². The lowest BCUT2D eigenvalue weighted by molar-refractivity contribution is 0.545. The van der Waals surface area contributed by atoms with Crippen LogP contribution in [0.4, 0.5) is 0 Å². The molecule has 0 aromatic heterocycles. The van der Waals surface area contributed by atoms with E-state index in [0.717, 1.165) is 38.0 Å². The number of hydrogen-bond donors (Lipinski definition) is 0. The number of rotatable bonds is 2. The molecular formula is C20H32O2P2. The fourth-order valence-corrected chi connectivity index (χ4v) is 8.41. The topological polar surface area (TPSA) is 34.1 Å². The molecule has 4 heteroatoms. The standard InChI is InChI=1S/C20H32O2P2/c21-23-15-7-3-1-5-9-19(23)17-11-13-18(14-12-17)20-10-6-2-4-8-16-24(20)22/h11-14,19-20,23-24H,1-10,15-16H2. The van der Waals surface area contributed by atoms with Crippen molar-refractivity contribution in [2.45, 2.75) is 75.5 Å². The predicted molar refractivity (Wildman–Crippen MR) is 106 cm³/mol. The van der Waals surface area contributed by atoms with Crippen molar-refractivity contribution in [1.82, 2.24) is 0 Å². The van der Waals surface area contributed by atoms with Crippen LogP contribution in [0.3, 0.4) is 0 Å². The summed E-state index contributed by atoms with van der Waals surface area (Å²) in [6, 6.07) is 8.77. The van der Waals surface area contributed by atoms with E-state index in [0.29, 0.717) is 0 Å². The van der Waals surface area contributed by atoms with Crippen LogP contribution in [-0.2, 0) is 9.13 Å². The Morgan fingerprint density at radius 1 is 0.583 bits per heavy atom. The zero-order valence-electron chi connectivity index (χ0n) is 14.8. The minimum absolute atomic E-state index is 0.277. The molecule has 0 amide bonds. The molecule has 134 valence electrons. The van der Waals surface area contributed by atoms with Gasteiger partial charge in [-0.3, -0.25) is 0 Å². The zero-order chi connectivity index (χ0) is 16.8. The lowest BCUT2D eigenvalue weighted by Crippen LogP contribution is -2.02. The average Bonchev–Trinajstić information content (AvgIpc) is 2.56. The molecule has 0 saturated carbocycles. The van der Waals surface area contributed by atoms with Gasteiger partial charge in [-0.05, 0) is 49.1 Å². The van der Waals surface area contributed by atoms with Crippen molar-refractivity contribution in [1.29, 1.82) is 0 Å². The molecule has 2 aliphatic heterocycles. The van der Waals surface area contributed by atoms with Crippen molar-refractivity contribution in [2.24, 2.45) is 0 Å². The molecule has 0 spiro atoms. The monoisotopic (exact) mass is 366 g/mol. The highest BCUT2D eigenvalue weighted by Gasteiger charge is 2.23. The van der Waals surface area contributed by atoms with Gasteiger partial charge >= 0.3 is 0 Å². The first-order valence-corrected chi connectivity index (χ1v) is 13.3. The Morgan fingerprint density at radius 3 is 1.38 bits per heavy atom. The van der Waals surface area contributed by atoms with Gasteiger partial charge in [0.25, 0.3) is 0 Å². The first kappa shape index (κ1) is 18.5. The van der Waals surface area contributed by atoms with Crippen molar-refractivity contribution in [3.05, 3.63) is 35.4 Å². The summed E-state index contributed by atoms with van der Waals surface area (Å²) in [4.78, 5) is 0. The van der Waals surface area contributed by atoms with Crippen molar-refractivity contribution in [3.8, 4) is 0 Å². The van der Waals surface area contributed by atoms with Gasteiger partial charge in [-0.1, -0.05) is 62.8 Å². The Kier molecular flexibility index (Phi) is 7.23. The van der Waals surface area contributed by atoms with E-state index in [-0.39, 0.29) is 11.3 Å². The lowest BCUT2D eigenvalue weighted by atomic mass is 10.00. The molecule has 3 rings (SSSR count). The van der Waals surface area contributed by atoms with E-state index in [1.165, 1.54) is 49.7 Å². The molecule has 2 heterocycles. The largest absolute Gasteiger partial charge is 0.326 e. The van der Waals surface area contributed by atoms with Crippen molar-refractivity contribution >= 4 is 15.6 Å². The van der Waals surface area contributed by atoms with Crippen molar-refractivity contribution in [2.75, 3.05) is 12.3 Å². The maximum absolute atomic E-state index is 12.6. The molecule has 0 radical (unpaired) electrons. The Labute approximate surface area is 148 Å². The second-order valence-corrected chi connectivity index (χ2v) is 11.9. The van der Waals surface area contributed by atoms with Crippen LogP contribution in [-0.4, -0.2) is 12.3 Å². The molecular weight excluding hydrogens is 334 g/mol. The Balaban J connectivity index is 1.73. The lowest BCUT2D eigenvalue weighted by Gasteiger charge is -2.22.